The van der Waals surface area contributed by atoms with E-state index < -0.39 is 9.84 Å². The van der Waals surface area contributed by atoms with Gasteiger partial charge in [0.1, 0.15) is 5.69 Å². The smallest absolute Gasteiger partial charge is 0.259 e. The van der Waals surface area contributed by atoms with Crippen LogP contribution in [0.5, 0.6) is 0 Å². The van der Waals surface area contributed by atoms with E-state index in [4.69, 9.17) is 0 Å². The Morgan fingerprint density at radius 1 is 0.969 bits per heavy atom. The Kier molecular flexibility index (Phi) is 5.92. The van der Waals surface area contributed by atoms with Crippen LogP contribution in [-0.2, 0) is 16.3 Å². The summed E-state index contributed by atoms with van der Waals surface area (Å²) in [6, 6.07) is 23.7. The van der Waals surface area contributed by atoms with Crippen LogP contribution >= 0.6 is 0 Å². The van der Waals surface area contributed by atoms with E-state index in [9.17, 15) is 13.2 Å². The highest BCUT2D eigenvalue weighted by atomic mass is 32.2. The Morgan fingerprint density at radius 2 is 1.69 bits per heavy atom. The fraction of sp³-hybridized carbons (Fsp3) is 0.120. The van der Waals surface area contributed by atoms with Crippen molar-refractivity contribution in [1.29, 1.82) is 0 Å². The third kappa shape index (κ3) is 4.63. The first-order valence-electron chi connectivity index (χ1n) is 10.2. The molecular weight excluding hydrogens is 422 g/mol. The van der Waals surface area contributed by atoms with Gasteiger partial charge >= 0.3 is 0 Å². The summed E-state index contributed by atoms with van der Waals surface area (Å²) in [6.07, 6.45) is 3.74. The normalized spacial score (nSPS) is 11.3. The van der Waals surface area contributed by atoms with Crippen LogP contribution in [-0.4, -0.2) is 30.4 Å². The molecule has 1 aromatic heterocycles. The zero-order chi connectivity index (χ0) is 22.7. The maximum Gasteiger partial charge on any atom is 0.259 e. The summed E-state index contributed by atoms with van der Waals surface area (Å²) in [5, 5.41) is 7.50. The van der Waals surface area contributed by atoms with Crippen molar-refractivity contribution in [2.24, 2.45) is 0 Å². The number of nitrogens with zero attached hydrogens (tertiary/aromatic N) is 2. The molecule has 0 bridgehead atoms. The van der Waals surface area contributed by atoms with E-state index in [2.05, 4.69) is 17.3 Å². The number of hydrogen-bond donors (Lipinski definition) is 1. The van der Waals surface area contributed by atoms with Gasteiger partial charge in [-0.25, -0.2) is 13.1 Å². The highest BCUT2D eigenvalue weighted by Crippen LogP contribution is 2.26. The number of nitrogens with one attached hydrogen (secondary N) is 1. The first-order valence-corrected chi connectivity index (χ1v) is 12.1. The zero-order valence-corrected chi connectivity index (χ0v) is 18.6. The largest absolute Gasteiger partial charge is 0.322 e. The monoisotopic (exact) mass is 445 g/mol. The van der Waals surface area contributed by atoms with Gasteiger partial charge in [0.25, 0.3) is 5.91 Å². The number of carbonyl (C=O) groups excluding carboxylic acids is 1. The molecule has 0 atom stereocenters. The van der Waals surface area contributed by atoms with Gasteiger partial charge in [-0.3, -0.25) is 4.79 Å². The fourth-order valence-electron chi connectivity index (χ4n) is 3.37. The van der Waals surface area contributed by atoms with E-state index in [-0.39, 0.29) is 10.8 Å². The molecule has 0 saturated heterocycles. The molecule has 1 amide bonds. The summed E-state index contributed by atoms with van der Waals surface area (Å²) in [5.74, 6) is -0.368. The molecule has 7 heteroatoms. The third-order valence-electron chi connectivity index (χ3n) is 5.14. The van der Waals surface area contributed by atoms with Crippen molar-refractivity contribution in [2.75, 3.05) is 11.6 Å². The lowest BCUT2D eigenvalue weighted by Crippen LogP contribution is -2.12. The number of sulfone groups is 1. The van der Waals surface area contributed by atoms with E-state index in [0.717, 1.165) is 23.9 Å². The molecule has 0 aliphatic rings. The van der Waals surface area contributed by atoms with Crippen molar-refractivity contribution in [1.82, 2.24) is 9.78 Å². The van der Waals surface area contributed by atoms with Gasteiger partial charge in [0.15, 0.2) is 9.84 Å². The molecule has 3 aromatic carbocycles. The molecule has 0 fully saturated rings. The molecular formula is C25H23N3O3S. The SMILES string of the molecule is CCc1ccc(-c2nn(-c3ccccc3)cc2C(=O)Nc2cccc(S(C)(=O)=O)c2)cc1. The third-order valence-corrected chi connectivity index (χ3v) is 6.25. The minimum Gasteiger partial charge on any atom is -0.322 e. The molecule has 32 heavy (non-hydrogen) atoms. The highest BCUT2D eigenvalue weighted by Gasteiger charge is 2.19. The first-order chi connectivity index (χ1) is 15.3. The Balaban J connectivity index is 1.74. The predicted octanol–water partition coefficient (Wildman–Crippen LogP) is 4.76. The highest BCUT2D eigenvalue weighted by molar-refractivity contribution is 7.90. The summed E-state index contributed by atoms with van der Waals surface area (Å²) >= 11 is 0. The first kappa shape index (κ1) is 21.5. The van der Waals surface area contributed by atoms with Gasteiger partial charge in [0.05, 0.1) is 16.1 Å². The summed E-state index contributed by atoms with van der Waals surface area (Å²) in [4.78, 5) is 13.4. The lowest BCUT2D eigenvalue weighted by Gasteiger charge is -2.07. The Hall–Kier alpha value is -3.71. The lowest BCUT2D eigenvalue weighted by molar-refractivity contribution is 0.102. The van der Waals surface area contributed by atoms with Crippen LogP contribution in [0.2, 0.25) is 0 Å². The van der Waals surface area contributed by atoms with Gasteiger partial charge in [0, 0.05) is 23.7 Å². The number of hydrogen-bond acceptors (Lipinski definition) is 4. The molecule has 0 unspecified atom stereocenters. The van der Waals surface area contributed by atoms with Crippen molar-refractivity contribution in [2.45, 2.75) is 18.2 Å². The van der Waals surface area contributed by atoms with Crippen LogP contribution in [0.3, 0.4) is 0 Å². The number of para-hydroxylation sites is 1. The Morgan fingerprint density at radius 3 is 2.34 bits per heavy atom. The molecule has 4 rings (SSSR count). The van der Waals surface area contributed by atoms with E-state index in [1.165, 1.54) is 17.7 Å². The van der Waals surface area contributed by atoms with Gasteiger partial charge in [-0.05, 0) is 42.3 Å². The van der Waals surface area contributed by atoms with Gasteiger partial charge in [-0.15, -0.1) is 0 Å². The maximum absolute atomic E-state index is 13.2. The number of rotatable bonds is 6. The van der Waals surface area contributed by atoms with Crippen LogP contribution in [0.4, 0.5) is 5.69 Å². The second kappa shape index (κ2) is 8.80. The number of aromatic nitrogens is 2. The quantitative estimate of drug-likeness (QED) is 0.464. The number of aryl methyl sites for hydroxylation is 1. The van der Waals surface area contributed by atoms with Crippen molar-refractivity contribution in [3.05, 3.63) is 96.2 Å². The molecule has 0 radical (unpaired) electrons. The summed E-state index contributed by atoms with van der Waals surface area (Å²) in [6.45, 7) is 2.09. The van der Waals surface area contributed by atoms with Crippen LogP contribution in [0.1, 0.15) is 22.8 Å². The van der Waals surface area contributed by atoms with E-state index >= 15 is 0 Å². The van der Waals surface area contributed by atoms with Crippen molar-refractivity contribution >= 4 is 21.4 Å². The molecule has 0 aliphatic heterocycles. The topological polar surface area (TPSA) is 81.1 Å². The van der Waals surface area contributed by atoms with Gasteiger partial charge in [0.2, 0.25) is 0 Å². The summed E-state index contributed by atoms with van der Waals surface area (Å²) < 4.78 is 25.4. The van der Waals surface area contributed by atoms with Crippen LogP contribution < -0.4 is 5.32 Å². The molecule has 1 N–H and O–H groups in total. The average Bonchev–Trinajstić information content (AvgIpc) is 3.25. The minimum atomic E-state index is -3.38. The van der Waals surface area contributed by atoms with Crippen molar-refractivity contribution in [3.63, 3.8) is 0 Å². The van der Waals surface area contributed by atoms with Gasteiger partial charge in [-0.2, -0.15) is 5.10 Å². The molecule has 0 aliphatic carbocycles. The number of amides is 1. The van der Waals surface area contributed by atoms with Crippen molar-refractivity contribution in [3.8, 4) is 16.9 Å². The number of anilines is 1. The molecule has 162 valence electrons. The lowest BCUT2D eigenvalue weighted by atomic mass is 10.0. The summed E-state index contributed by atoms with van der Waals surface area (Å²) in [7, 11) is -3.38. The second-order valence-corrected chi connectivity index (χ2v) is 9.49. The zero-order valence-electron chi connectivity index (χ0n) is 17.8. The van der Waals surface area contributed by atoms with Crippen LogP contribution in [0.15, 0.2) is 90.0 Å². The number of benzene rings is 3. The van der Waals surface area contributed by atoms with Gasteiger partial charge < -0.3 is 5.32 Å². The van der Waals surface area contributed by atoms with E-state index in [1.54, 1.807) is 23.0 Å². The predicted molar refractivity (Wildman–Crippen MR) is 126 cm³/mol. The van der Waals surface area contributed by atoms with Crippen molar-refractivity contribution < 1.29 is 13.2 Å². The molecule has 0 saturated carbocycles. The standard InChI is InChI=1S/C25H23N3O3S/c1-3-18-12-14-19(15-13-18)24-23(17-28(27-24)21-9-5-4-6-10-21)25(29)26-20-8-7-11-22(16-20)32(2,30)31/h4-17H,3H2,1-2H3,(H,26,29). The molecule has 4 aromatic rings. The fourth-order valence-corrected chi connectivity index (χ4v) is 4.03. The maximum atomic E-state index is 13.2. The minimum absolute atomic E-state index is 0.144. The molecule has 6 nitrogen and oxygen atoms in total. The van der Waals surface area contributed by atoms with Crippen LogP contribution in [0, 0.1) is 0 Å². The average molecular weight is 446 g/mol. The van der Waals surface area contributed by atoms with Gasteiger partial charge in [-0.1, -0.05) is 55.5 Å². The second-order valence-electron chi connectivity index (χ2n) is 7.48. The Labute approximate surface area is 187 Å². The molecule has 0 spiro atoms. The van der Waals surface area contributed by atoms with E-state index in [1.807, 2.05) is 54.6 Å². The Bertz CT molecular complexity index is 1360. The number of carbonyl (C=O) groups is 1. The molecule has 1 heterocycles. The van der Waals surface area contributed by atoms with Crippen LogP contribution in [0.25, 0.3) is 16.9 Å². The summed E-state index contributed by atoms with van der Waals surface area (Å²) in [5.41, 5.74) is 4.19. The van der Waals surface area contributed by atoms with E-state index in [0.29, 0.717) is 16.9 Å².